The fourth-order valence-electron chi connectivity index (χ4n) is 10.4. The first-order valence-electron chi connectivity index (χ1n) is 23.3. The Hall–Kier alpha value is -8.55. The van der Waals surface area contributed by atoms with Crippen LogP contribution in [0.25, 0.3) is 93.0 Å². The zero-order chi connectivity index (χ0) is 45.7. The Balaban J connectivity index is 0.975. The van der Waals surface area contributed by atoms with E-state index in [4.69, 9.17) is 15.0 Å². The summed E-state index contributed by atoms with van der Waals surface area (Å²) < 4.78 is 4.94. The van der Waals surface area contributed by atoms with Crippen molar-refractivity contribution in [2.24, 2.45) is 0 Å². The van der Waals surface area contributed by atoms with Gasteiger partial charge in [0.15, 0.2) is 25.5 Å². The van der Waals surface area contributed by atoms with Crippen LogP contribution in [0, 0.1) is 0 Å². The molecule has 0 N–H and O–H groups in total. The second kappa shape index (κ2) is 17.0. The summed E-state index contributed by atoms with van der Waals surface area (Å²) in [5.74, 6) is 1.84. The van der Waals surface area contributed by atoms with E-state index in [9.17, 15) is 0 Å². The molecule has 69 heavy (non-hydrogen) atoms. The van der Waals surface area contributed by atoms with Crippen LogP contribution in [-0.4, -0.2) is 27.6 Å². The molecule has 0 spiro atoms. The Kier molecular flexibility index (Phi) is 10.00. The molecule has 0 saturated carbocycles. The van der Waals surface area contributed by atoms with E-state index < -0.39 is 8.07 Å². The van der Waals surface area contributed by atoms with Crippen LogP contribution < -0.4 is 20.7 Å². The third kappa shape index (κ3) is 6.91. The average molecular weight is 915 g/mol. The van der Waals surface area contributed by atoms with Gasteiger partial charge in [-0.15, -0.1) is 11.3 Å². The van der Waals surface area contributed by atoms with Gasteiger partial charge in [0.25, 0.3) is 0 Å². The van der Waals surface area contributed by atoms with Gasteiger partial charge in [0, 0.05) is 47.6 Å². The van der Waals surface area contributed by atoms with E-state index in [0.717, 1.165) is 39.0 Å². The van der Waals surface area contributed by atoms with E-state index in [1.165, 1.54) is 57.3 Å². The van der Waals surface area contributed by atoms with Gasteiger partial charge in [0.1, 0.15) is 0 Å². The summed E-state index contributed by atoms with van der Waals surface area (Å²) in [6, 6.07) is 92.0. The third-order valence-corrected chi connectivity index (χ3v) is 19.6. The van der Waals surface area contributed by atoms with Crippen molar-refractivity contribution in [3.63, 3.8) is 0 Å². The summed E-state index contributed by atoms with van der Waals surface area (Å²) in [6.07, 6.45) is 0. The van der Waals surface area contributed by atoms with E-state index in [2.05, 4.69) is 259 Å². The van der Waals surface area contributed by atoms with Crippen molar-refractivity contribution in [2.45, 2.75) is 0 Å². The van der Waals surface area contributed by atoms with Crippen LogP contribution in [0.15, 0.2) is 255 Å². The monoisotopic (exact) mass is 914 g/mol. The van der Waals surface area contributed by atoms with Gasteiger partial charge >= 0.3 is 0 Å². The normalized spacial score (nSPS) is 11.8. The highest BCUT2D eigenvalue weighted by Crippen LogP contribution is 2.38. The lowest BCUT2D eigenvalue weighted by atomic mass is 10.0. The topological polar surface area (TPSA) is 43.6 Å². The quantitative estimate of drug-likeness (QED) is 0.107. The van der Waals surface area contributed by atoms with Crippen molar-refractivity contribution >= 4 is 82.1 Å². The molecule has 0 bridgehead atoms. The summed E-state index contributed by atoms with van der Waals surface area (Å²) in [7, 11) is -2.75. The van der Waals surface area contributed by atoms with Gasteiger partial charge in [-0.3, -0.25) is 0 Å². The SMILES string of the molecule is c1ccc([Si](c2ccccc2)(c2ccccc2)c2ccc(-c3nc(-c4ccc(-c5ccc6c(c5)sc5ccccc56)cc4)nc(-c4ccccc4-n4c5ccccc5c5ccccc54)n3)cc2)cc1. The van der Waals surface area contributed by atoms with Crippen LogP contribution in [-0.2, 0) is 0 Å². The van der Waals surface area contributed by atoms with Gasteiger partial charge in [0.2, 0.25) is 0 Å². The second-order valence-corrected chi connectivity index (χ2v) is 22.4. The Morgan fingerprint density at radius 2 is 0.725 bits per heavy atom. The maximum atomic E-state index is 5.39. The van der Waals surface area contributed by atoms with Crippen LogP contribution in [0.4, 0.5) is 0 Å². The number of nitrogens with zero attached hydrogens (tertiary/aromatic N) is 4. The zero-order valence-corrected chi connectivity index (χ0v) is 39.3. The molecule has 0 aliphatic heterocycles. The number of benzene rings is 10. The fraction of sp³-hybridized carbons (Fsp3) is 0. The molecule has 4 nitrogen and oxygen atoms in total. The predicted octanol–water partition coefficient (Wildman–Crippen LogP) is 13.4. The first kappa shape index (κ1) is 40.7. The minimum Gasteiger partial charge on any atom is -0.309 e. The van der Waals surface area contributed by atoms with Crippen LogP contribution in [0.1, 0.15) is 0 Å². The van der Waals surface area contributed by atoms with Crippen LogP contribution in [0.5, 0.6) is 0 Å². The van der Waals surface area contributed by atoms with Crippen molar-refractivity contribution in [3.05, 3.63) is 255 Å². The number of thiophene rings is 1. The minimum absolute atomic E-state index is 0.609. The molecule has 0 atom stereocenters. The number of hydrogen-bond donors (Lipinski definition) is 0. The van der Waals surface area contributed by atoms with Gasteiger partial charge in [-0.1, -0.05) is 218 Å². The number of rotatable bonds is 9. The lowest BCUT2D eigenvalue weighted by Gasteiger charge is -2.34. The standard InChI is InChI=1S/C63H42N4SSi/c1-4-18-47(19-5-1)69(48-20-6-2-7-21-48,49-22-8-3-9-23-49)50-39-36-45(37-40-50)62-64-61(44-34-32-43(33-35-44)46-38-41-54-53-26-13-17-31-59(53)68-60(54)42-46)65-63(66-62)55-27-12-16-30-58(55)67-56-28-14-10-24-51(56)52-25-11-15-29-57(52)67/h1-42H. The van der Waals surface area contributed by atoms with E-state index in [0.29, 0.717) is 17.5 Å². The van der Waals surface area contributed by atoms with E-state index >= 15 is 0 Å². The summed E-state index contributed by atoms with van der Waals surface area (Å²) in [5, 5.41) is 10.3. The first-order chi connectivity index (χ1) is 34.2. The van der Waals surface area contributed by atoms with Crippen molar-refractivity contribution in [1.82, 2.24) is 19.5 Å². The Labute approximate surface area is 405 Å². The van der Waals surface area contributed by atoms with Crippen molar-refractivity contribution in [2.75, 3.05) is 0 Å². The van der Waals surface area contributed by atoms with Crippen molar-refractivity contribution in [1.29, 1.82) is 0 Å². The molecule has 13 aromatic rings. The number of hydrogen-bond acceptors (Lipinski definition) is 4. The molecule has 0 radical (unpaired) electrons. The van der Waals surface area contributed by atoms with E-state index in [1.807, 2.05) is 11.3 Å². The highest BCUT2D eigenvalue weighted by molar-refractivity contribution is 7.25. The third-order valence-electron chi connectivity index (χ3n) is 13.7. The molecule has 0 aliphatic carbocycles. The number of para-hydroxylation sites is 3. The summed E-state index contributed by atoms with van der Waals surface area (Å²) in [5.41, 5.74) is 8.34. The Morgan fingerprint density at radius 3 is 1.32 bits per heavy atom. The molecular weight excluding hydrogens is 873 g/mol. The molecule has 3 aromatic heterocycles. The average Bonchev–Trinajstić information content (AvgIpc) is 3.98. The molecule has 324 valence electrons. The van der Waals surface area contributed by atoms with Gasteiger partial charge in [-0.05, 0) is 68.3 Å². The summed E-state index contributed by atoms with van der Waals surface area (Å²) in [4.78, 5) is 16.0. The van der Waals surface area contributed by atoms with Crippen LogP contribution in [0.2, 0.25) is 0 Å². The summed E-state index contributed by atoms with van der Waals surface area (Å²) >= 11 is 1.84. The molecule has 6 heteroatoms. The maximum absolute atomic E-state index is 5.39. The van der Waals surface area contributed by atoms with Crippen molar-refractivity contribution in [3.8, 4) is 51.0 Å². The Morgan fingerprint density at radius 1 is 0.304 bits per heavy atom. The summed E-state index contributed by atoms with van der Waals surface area (Å²) in [6.45, 7) is 0. The fourth-order valence-corrected chi connectivity index (χ4v) is 16.3. The molecule has 10 aromatic carbocycles. The predicted molar refractivity (Wildman–Crippen MR) is 292 cm³/mol. The minimum atomic E-state index is -2.75. The molecule has 0 saturated heterocycles. The molecule has 13 rings (SSSR count). The molecule has 0 unspecified atom stereocenters. The second-order valence-electron chi connectivity index (χ2n) is 17.5. The lowest BCUT2D eigenvalue weighted by Crippen LogP contribution is -2.74. The molecular formula is C63H42N4SSi. The number of aromatic nitrogens is 4. The maximum Gasteiger partial charge on any atom is 0.179 e. The first-order valence-corrected chi connectivity index (χ1v) is 26.2. The van der Waals surface area contributed by atoms with Gasteiger partial charge in [0.05, 0.1) is 16.7 Å². The molecule has 0 fully saturated rings. The molecule has 3 heterocycles. The molecule has 0 aliphatic rings. The van der Waals surface area contributed by atoms with Gasteiger partial charge in [-0.2, -0.15) is 0 Å². The van der Waals surface area contributed by atoms with Crippen LogP contribution >= 0.6 is 11.3 Å². The lowest BCUT2D eigenvalue weighted by molar-refractivity contribution is 1.06. The molecule has 0 amide bonds. The van der Waals surface area contributed by atoms with Crippen LogP contribution in [0.3, 0.4) is 0 Å². The van der Waals surface area contributed by atoms with E-state index in [-0.39, 0.29) is 0 Å². The highest BCUT2D eigenvalue weighted by atomic mass is 32.1. The highest BCUT2D eigenvalue weighted by Gasteiger charge is 2.41. The van der Waals surface area contributed by atoms with Crippen molar-refractivity contribution < 1.29 is 0 Å². The smallest absolute Gasteiger partial charge is 0.179 e. The largest absolute Gasteiger partial charge is 0.309 e. The van der Waals surface area contributed by atoms with Gasteiger partial charge < -0.3 is 4.57 Å². The number of fused-ring (bicyclic) bond motifs is 6. The van der Waals surface area contributed by atoms with Gasteiger partial charge in [-0.25, -0.2) is 15.0 Å². The zero-order valence-electron chi connectivity index (χ0n) is 37.4. The Bertz CT molecular complexity index is 3850. The van der Waals surface area contributed by atoms with E-state index in [1.54, 1.807) is 0 Å².